The van der Waals surface area contributed by atoms with Crippen LogP contribution in [0, 0.1) is 0 Å². The van der Waals surface area contributed by atoms with Crippen LogP contribution >= 0.6 is 0 Å². The predicted molar refractivity (Wildman–Crippen MR) is 107 cm³/mol. The Morgan fingerprint density at radius 2 is 1.52 bits per heavy atom. The maximum atomic E-state index is 12.0. The van der Waals surface area contributed by atoms with Gasteiger partial charge in [0, 0.05) is 5.69 Å². The second-order valence-corrected chi connectivity index (χ2v) is 6.04. The van der Waals surface area contributed by atoms with Crippen molar-refractivity contribution in [2.24, 2.45) is 0 Å². The second kappa shape index (κ2) is 8.66. The summed E-state index contributed by atoms with van der Waals surface area (Å²) in [5, 5.41) is 16.7. The third kappa shape index (κ3) is 5.43. The molecule has 0 aliphatic rings. The summed E-state index contributed by atoms with van der Waals surface area (Å²) in [6.45, 7) is 3.94. The first-order chi connectivity index (χ1) is 13.1. The van der Waals surface area contributed by atoms with Gasteiger partial charge in [0.1, 0.15) is 5.75 Å². The van der Waals surface area contributed by atoms with Crippen LogP contribution in [0.15, 0.2) is 66.7 Å². The first kappa shape index (κ1) is 18.2. The van der Waals surface area contributed by atoms with E-state index in [1.54, 1.807) is 24.3 Å². The molecule has 0 fully saturated rings. The molecule has 1 aromatic heterocycles. The fraction of sp³-hybridized carbons (Fsp3) is 0.150. The van der Waals surface area contributed by atoms with Crippen LogP contribution in [0.4, 0.5) is 27.8 Å². The normalized spacial score (nSPS) is 10.3. The van der Waals surface area contributed by atoms with Gasteiger partial charge < -0.3 is 15.4 Å². The van der Waals surface area contributed by atoms with E-state index in [-0.39, 0.29) is 12.1 Å². The zero-order valence-electron chi connectivity index (χ0n) is 15.1. The van der Waals surface area contributed by atoms with Crippen molar-refractivity contribution in [1.82, 2.24) is 10.2 Å². The van der Waals surface area contributed by atoms with Crippen molar-refractivity contribution in [2.75, 3.05) is 16.0 Å². The number of nitrogens with zero attached hydrogens (tertiary/aromatic N) is 2. The van der Waals surface area contributed by atoms with Gasteiger partial charge in [-0.25, -0.2) is 4.79 Å². The largest absolute Gasteiger partial charge is 0.489 e. The van der Waals surface area contributed by atoms with E-state index in [1.165, 1.54) is 0 Å². The van der Waals surface area contributed by atoms with Gasteiger partial charge in [0.15, 0.2) is 11.6 Å². The van der Waals surface area contributed by atoms with Crippen LogP contribution in [0.3, 0.4) is 0 Å². The minimum atomic E-state index is -0.383. The Kier molecular flexibility index (Phi) is 5.84. The third-order valence-electron chi connectivity index (χ3n) is 3.45. The van der Waals surface area contributed by atoms with E-state index in [0.29, 0.717) is 17.3 Å². The number of hydrogen-bond donors (Lipinski definition) is 3. The van der Waals surface area contributed by atoms with Crippen molar-refractivity contribution in [3.63, 3.8) is 0 Å². The highest BCUT2D eigenvalue weighted by Gasteiger charge is 2.08. The van der Waals surface area contributed by atoms with Gasteiger partial charge in [0.2, 0.25) is 0 Å². The lowest BCUT2D eigenvalue weighted by Crippen LogP contribution is -2.20. The number of nitrogens with one attached hydrogen (secondary N) is 3. The molecule has 27 heavy (non-hydrogen) atoms. The molecular weight excluding hydrogens is 342 g/mol. The Bertz CT molecular complexity index is 882. The minimum absolute atomic E-state index is 0.0636. The second-order valence-electron chi connectivity index (χ2n) is 6.04. The molecule has 1 heterocycles. The molecule has 2 amide bonds. The van der Waals surface area contributed by atoms with E-state index in [0.717, 1.165) is 11.4 Å². The van der Waals surface area contributed by atoms with E-state index in [1.807, 2.05) is 56.3 Å². The SMILES string of the molecule is CC(C)Oc1ccccc1Nc1ccc(NC(=O)Nc2ccccc2)nn1. The zero-order valence-corrected chi connectivity index (χ0v) is 15.1. The maximum absolute atomic E-state index is 12.0. The Labute approximate surface area is 157 Å². The number of carbonyl (C=O) groups is 1. The molecule has 3 rings (SSSR count). The smallest absolute Gasteiger partial charge is 0.324 e. The van der Waals surface area contributed by atoms with Gasteiger partial charge >= 0.3 is 6.03 Å². The molecule has 3 N–H and O–H groups in total. The number of hydrogen-bond acceptors (Lipinski definition) is 5. The molecule has 0 saturated heterocycles. The first-order valence-corrected chi connectivity index (χ1v) is 8.59. The number of urea groups is 1. The molecule has 0 spiro atoms. The maximum Gasteiger partial charge on any atom is 0.324 e. The topological polar surface area (TPSA) is 88.2 Å². The van der Waals surface area contributed by atoms with E-state index in [4.69, 9.17) is 4.74 Å². The number of benzene rings is 2. The van der Waals surface area contributed by atoms with Crippen molar-refractivity contribution in [3.8, 4) is 5.75 Å². The van der Waals surface area contributed by atoms with Crippen molar-refractivity contribution in [2.45, 2.75) is 20.0 Å². The molecule has 2 aromatic carbocycles. The summed E-state index contributed by atoms with van der Waals surface area (Å²) < 4.78 is 5.77. The lowest BCUT2D eigenvalue weighted by molar-refractivity contribution is 0.244. The Morgan fingerprint density at radius 3 is 2.22 bits per heavy atom. The molecule has 7 nitrogen and oxygen atoms in total. The van der Waals surface area contributed by atoms with Crippen LogP contribution in [0.25, 0.3) is 0 Å². The summed E-state index contributed by atoms with van der Waals surface area (Å²) in [5.41, 5.74) is 1.49. The van der Waals surface area contributed by atoms with Crippen molar-refractivity contribution in [3.05, 3.63) is 66.7 Å². The standard InChI is InChI=1S/C20H21N5O2/c1-14(2)27-17-11-7-6-10-16(17)22-18-12-13-19(25-24-18)23-20(26)21-15-8-4-3-5-9-15/h3-14H,1-2H3,(H,22,24)(H2,21,23,25,26). The Hall–Kier alpha value is -3.61. The van der Waals surface area contributed by atoms with E-state index in [2.05, 4.69) is 26.1 Å². The van der Waals surface area contributed by atoms with Crippen LogP contribution in [0.5, 0.6) is 5.75 Å². The number of para-hydroxylation sites is 3. The molecule has 138 valence electrons. The van der Waals surface area contributed by atoms with Crippen LogP contribution < -0.4 is 20.7 Å². The van der Waals surface area contributed by atoms with Crippen molar-refractivity contribution in [1.29, 1.82) is 0 Å². The Balaban J connectivity index is 1.61. The van der Waals surface area contributed by atoms with Gasteiger partial charge in [0.25, 0.3) is 0 Å². The molecule has 0 atom stereocenters. The monoisotopic (exact) mass is 363 g/mol. The van der Waals surface area contributed by atoms with Crippen LogP contribution in [0.2, 0.25) is 0 Å². The molecule has 0 saturated carbocycles. The van der Waals surface area contributed by atoms with E-state index < -0.39 is 0 Å². The quantitative estimate of drug-likeness (QED) is 0.593. The van der Waals surface area contributed by atoms with Crippen LogP contribution in [0.1, 0.15) is 13.8 Å². The Morgan fingerprint density at radius 1 is 0.852 bits per heavy atom. The van der Waals surface area contributed by atoms with Crippen LogP contribution in [-0.2, 0) is 0 Å². The molecule has 0 unspecified atom stereocenters. The summed E-state index contributed by atoms with van der Waals surface area (Å²) in [6, 6.07) is 19.8. The molecule has 0 bridgehead atoms. The summed E-state index contributed by atoms with van der Waals surface area (Å²) in [7, 11) is 0. The van der Waals surface area contributed by atoms with Gasteiger partial charge in [-0.2, -0.15) is 0 Å². The lowest BCUT2D eigenvalue weighted by Gasteiger charge is -2.15. The highest BCUT2D eigenvalue weighted by molar-refractivity contribution is 5.99. The van der Waals surface area contributed by atoms with Crippen LogP contribution in [-0.4, -0.2) is 22.3 Å². The van der Waals surface area contributed by atoms with E-state index in [9.17, 15) is 4.79 Å². The van der Waals surface area contributed by atoms with Crippen molar-refractivity contribution >= 4 is 29.0 Å². The lowest BCUT2D eigenvalue weighted by atomic mass is 10.3. The summed E-state index contributed by atoms with van der Waals surface area (Å²) in [5.74, 6) is 1.63. The van der Waals surface area contributed by atoms with E-state index >= 15 is 0 Å². The van der Waals surface area contributed by atoms with Gasteiger partial charge in [-0.15, -0.1) is 10.2 Å². The van der Waals surface area contributed by atoms with Gasteiger partial charge in [0.05, 0.1) is 11.8 Å². The molecule has 0 aliphatic heterocycles. The summed E-state index contributed by atoms with van der Waals surface area (Å²) in [6.07, 6.45) is 0.0636. The van der Waals surface area contributed by atoms with Gasteiger partial charge in [-0.3, -0.25) is 5.32 Å². The summed E-state index contributed by atoms with van der Waals surface area (Å²) in [4.78, 5) is 12.0. The molecular formula is C20H21N5O2. The zero-order chi connectivity index (χ0) is 19.1. The molecule has 7 heteroatoms. The third-order valence-corrected chi connectivity index (χ3v) is 3.45. The number of carbonyl (C=O) groups excluding carboxylic acids is 1. The highest BCUT2D eigenvalue weighted by Crippen LogP contribution is 2.27. The highest BCUT2D eigenvalue weighted by atomic mass is 16.5. The summed E-state index contributed by atoms with van der Waals surface area (Å²) >= 11 is 0. The number of anilines is 4. The number of rotatable bonds is 6. The van der Waals surface area contributed by atoms with Crippen molar-refractivity contribution < 1.29 is 9.53 Å². The molecule has 0 aliphatic carbocycles. The predicted octanol–water partition coefficient (Wildman–Crippen LogP) is 4.65. The van der Waals surface area contributed by atoms with Gasteiger partial charge in [-0.05, 0) is 50.2 Å². The molecule has 0 radical (unpaired) electrons. The molecule has 3 aromatic rings. The fourth-order valence-corrected chi connectivity index (χ4v) is 2.33. The van der Waals surface area contributed by atoms with Gasteiger partial charge in [-0.1, -0.05) is 30.3 Å². The first-order valence-electron chi connectivity index (χ1n) is 8.59. The number of aromatic nitrogens is 2. The fourth-order valence-electron chi connectivity index (χ4n) is 2.33. The average molecular weight is 363 g/mol. The average Bonchev–Trinajstić information content (AvgIpc) is 2.65. The number of ether oxygens (including phenoxy) is 1. The number of amides is 2. The minimum Gasteiger partial charge on any atom is -0.489 e.